The number of methoxy groups -OCH3 is 1. The van der Waals surface area contributed by atoms with Gasteiger partial charge in [0.25, 0.3) is 0 Å². The Morgan fingerprint density at radius 2 is 1.96 bits per heavy atom. The lowest BCUT2D eigenvalue weighted by Crippen LogP contribution is -2.42. The summed E-state index contributed by atoms with van der Waals surface area (Å²) in [5.41, 5.74) is 0. The Labute approximate surface area is 142 Å². The van der Waals surface area contributed by atoms with E-state index in [1.54, 1.807) is 7.11 Å². The van der Waals surface area contributed by atoms with E-state index in [4.69, 9.17) is 9.73 Å². The summed E-state index contributed by atoms with van der Waals surface area (Å²) in [6.45, 7) is 7.68. The smallest absolute Gasteiger partial charge is 0.191 e. The van der Waals surface area contributed by atoms with Crippen LogP contribution < -0.4 is 10.6 Å². The van der Waals surface area contributed by atoms with Gasteiger partial charge in [-0.2, -0.15) is 0 Å². The summed E-state index contributed by atoms with van der Waals surface area (Å²) in [6, 6.07) is 0.571. The van der Waals surface area contributed by atoms with Gasteiger partial charge in [0.2, 0.25) is 0 Å². The van der Waals surface area contributed by atoms with Gasteiger partial charge in [0.05, 0.1) is 6.54 Å². The number of ether oxygens (including phenoxy) is 1. The topological polar surface area (TPSA) is 52.1 Å². The first-order valence-electron chi connectivity index (χ1n) is 8.94. The van der Waals surface area contributed by atoms with E-state index in [1.165, 1.54) is 12.8 Å². The van der Waals surface area contributed by atoms with Crippen LogP contribution in [0.4, 0.5) is 0 Å². The summed E-state index contributed by atoms with van der Waals surface area (Å²) in [4.78, 5) is 9.42. The third-order valence-corrected chi connectivity index (χ3v) is 4.28. The predicted octanol–water partition coefficient (Wildman–Crippen LogP) is 0.850. The Kier molecular flexibility index (Phi) is 10.2. The fraction of sp³-hybridized carbons (Fsp3) is 0.941. The minimum absolute atomic E-state index is 0.571. The number of hydrogen-bond acceptors (Lipinski definition) is 4. The van der Waals surface area contributed by atoms with Gasteiger partial charge in [0.15, 0.2) is 5.96 Å². The van der Waals surface area contributed by atoms with Crippen molar-refractivity contribution in [3.63, 3.8) is 0 Å². The van der Waals surface area contributed by atoms with Gasteiger partial charge in [0.1, 0.15) is 0 Å². The zero-order valence-electron chi connectivity index (χ0n) is 15.8. The first kappa shape index (κ1) is 20.2. The summed E-state index contributed by atoms with van der Waals surface area (Å²) in [5.74, 6) is 1.77. The molecule has 0 aromatic heterocycles. The van der Waals surface area contributed by atoms with Crippen molar-refractivity contribution in [2.75, 3.05) is 67.6 Å². The molecule has 0 spiro atoms. The van der Waals surface area contributed by atoms with Gasteiger partial charge in [-0.1, -0.05) is 0 Å². The molecule has 6 nitrogen and oxygen atoms in total. The predicted molar refractivity (Wildman–Crippen MR) is 98.2 cm³/mol. The summed E-state index contributed by atoms with van der Waals surface area (Å²) in [7, 11) is 8.22. The molecule has 1 aliphatic rings. The van der Waals surface area contributed by atoms with Crippen LogP contribution in [0.25, 0.3) is 0 Å². The van der Waals surface area contributed by atoms with Crippen LogP contribution in [-0.2, 0) is 4.74 Å². The Morgan fingerprint density at radius 3 is 2.52 bits per heavy atom. The molecule has 2 N–H and O–H groups in total. The van der Waals surface area contributed by atoms with Crippen molar-refractivity contribution in [1.29, 1.82) is 0 Å². The van der Waals surface area contributed by atoms with E-state index in [1.807, 2.05) is 0 Å². The summed E-state index contributed by atoms with van der Waals surface area (Å²) >= 11 is 0. The zero-order chi connectivity index (χ0) is 17.1. The molecule has 0 aromatic carbocycles. The molecule has 1 atom stereocenters. The molecule has 6 heteroatoms. The number of nitrogens with zero attached hydrogens (tertiary/aromatic N) is 3. The van der Waals surface area contributed by atoms with E-state index in [0.717, 1.165) is 57.6 Å². The van der Waals surface area contributed by atoms with Crippen molar-refractivity contribution < 1.29 is 4.74 Å². The van der Waals surface area contributed by atoms with Crippen LogP contribution >= 0.6 is 0 Å². The lowest BCUT2D eigenvalue weighted by Gasteiger charge is -2.23. The summed E-state index contributed by atoms with van der Waals surface area (Å²) in [6.07, 6.45) is 3.79. The van der Waals surface area contributed by atoms with E-state index in [-0.39, 0.29) is 0 Å². The quantitative estimate of drug-likeness (QED) is 0.316. The van der Waals surface area contributed by atoms with Crippen molar-refractivity contribution >= 4 is 5.96 Å². The van der Waals surface area contributed by atoms with Crippen LogP contribution in [0.15, 0.2) is 4.99 Å². The molecule has 1 aliphatic carbocycles. The number of aliphatic imine (C=N–C) groups is 1. The minimum Gasteiger partial charge on any atom is -0.385 e. The average Bonchev–Trinajstić information content (AvgIpc) is 3.32. The standard InChI is InChI=1S/C17H37N5O/c1-6-18-17(19-10-12-22(4)11-7-13-23-5)20-14-16(21(2)3)15-8-9-15/h15-16H,6-14H2,1-5H3,(H2,18,19,20). The lowest BCUT2D eigenvalue weighted by molar-refractivity contribution is 0.180. The van der Waals surface area contributed by atoms with Crippen LogP contribution in [-0.4, -0.2) is 89.4 Å². The maximum absolute atomic E-state index is 5.09. The number of rotatable bonds is 12. The maximum atomic E-state index is 5.09. The van der Waals surface area contributed by atoms with Gasteiger partial charge < -0.3 is 25.2 Å². The molecule has 0 radical (unpaired) electrons. The van der Waals surface area contributed by atoms with Crippen molar-refractivity contribution in [2.24, 2.45) is 10.9 Å². The van der Waals surface area contributed by atoms with Gasteiger partial charge in [-0.25, -0.2) is 0 Å². The van der Waals surface area contributed by atoms with Crippen LogP contribution in [0.2, 0.25) is 0 Å². The second kappa shape index (κ2) is 11.6. The van der Waals surface area contributed by atoms with E-state index in [2.05, 4.69) is 48.5 Å². The third-order valence-electron chi connectivity index (χ3n) is 4.28. The SMILES string of the molecule is CCNC(=NCC(C1CC1)N(C)C)NCCN(C)CCCOC. The molecular formula is C17H37N5O. The number of nitrogens with one attached hydrogen (secondary N) is 2. The second-order valence-corrected chi connectivity index (χ2v) is 6.66. The van der Waals surface area contributed by atoms with Crippen LogP contribution in [0, 0.1) is 5.92 Å². The van der Waals surface area contributed by atoms with Gasteiger partial charge in [-0.05, 0) is 53.2 Å². The molecule has 1 rings (SSSR count). The fourth-order valence-corrected chi connectivity index (χ4v) is 2.70. The van der Waals surface area contributed by atoms with Crippen molar-refractivity contribution in [2.45, 2.75) is 32.2 Å². The molecule has 0 saturated heterocycles. The van der Waals surface area contributed by atoms with Crippen molar-refractivity contribution in [3.05, 3.63) is 0 Å². The van der Waals surface area contributed by atoms with Gasteiger partial charge >= 0.3 is 0 Å². The molecule has 23 heavy (non-hydrogen) atoms. The van der Waals surface area contributed by atoms with E-state index >= 15 is 0 Å². The molecule has 1 unspecified atom stereocenters. The monoisotopic (exact) mass is 327 g/mol. The van der Waals surface area contributed by atoms with E-state index in [9.17, 15) is 0 Å². The minimum atomic E-state index is 0.571. The Bertz CT molecular complexity index is 329. The molecule has 0 heterocycles. The zero-order valence-corrected chi connectivity index (χ0v) is 15.8. The fourth-order valence-electron chi connectivity index (χ4n) is 2.70. The molecule has 136 valence electrons. The number of guanidine groups is 1. The largest absolute Gasteiger partial charge is 0.385 e. The highest BCUT2D eigenvalue weighted by Crippen LogP contribution is 2.34. The highest BCUT2D eigenvalue weighted by atomic mass is 16.5. The van der Waals surface area contributed by atoms with Crippen molar-refractivity contribution in [3.8, 4) is 0 Å². The molecule has 1 fully saturated rings. The van der Waals surface area contributed by atoms with Crippen LogP contribution in [0.1, 0.15) is 26.2 Å². The van der Waals surface area contributed by atoms with Crippen LogP contribution in [0.3, 0.4) is 0 Å². The summed E-state index contributed by atoms with van der Waals surface area (Å²) in [5, 5.41) is 6.79. The molecule has 0 aliphatic heterocycles. The normalized spacial score (nSPS) is 16.9. The van der Waals surface area contributed by atoms with Crippen molar-refractivity contribution in [1.82, 2.24) is 20.4 Å². The van der Waals surface area contributed by atoms with Gasteiger partial charge in [0, 0.05) is 45.9 Å². The summed E-state index contributed by atoms with van der Waals surface area (Å²) < 4.78 is 5.09. The molecule has 0 amide bonds. The van der Waals surface area contributed by atoms with Gasteiger partial charge in [-0.15, -0.1) is 0 Å². The lowest BCUT2D eigenvalue weighted by atomic mass is 10.2. The Morgan fingerprint density at radius 1 is 1.22 bits per heavy atom. The van der Waals surface area contributed by atoms with E-state index in [0.29, 0.717) is 6.04 Å². The average molecular weight is 328 g/mol. The highest BCUT2D eigenvalue weighted by molar-refractivity contribution is 5.79. The Balaban J connectivity index is 2.31. The first-order valence-corrected chi connectivity index (χ1v) is 8.94. The molecular weight excluding hydrogens is 290 g/mol. The Hall–Kier alpha value is -0.850. The molecule has 0 aromatic rings. The van der Waals surface area contributed by atoms with Gasteiger partial charge in [-0.3, -0.25) is 4.99 Å². The highest BCUT2D eigenvalue weighted by Gasteiger charge is 2.32. The van der Waals surface area contributed by atoms with Crippen LogP contribution in [0.5, 0.6) is 0 Å². The van der Waals surface area contributed by atoms with E-state index < -0.39 is 0 Å². The third kappa shape index (κ3) is 9.13. The second-order valence-electron chi connectivity index (χ2n) is 6.66. The first-order chi connectivity index (χ1) is 11.1. The number of hydrogen-bond donors (Lipinski definition) is 2. The number of likely N-dealkylation sites (N-methyl/N-ethyl adjacent to an activating group) is 2. The maximum Gasteiger partial charge on any atom is 0.191 e. The molecule has 0 bridgehead atoms. The molecule has 1 saturated carbocycles.